The van der Waals surface area contributed by atoms with Crippen molar-refractivity contribution in [3.8, 4) is 0 Å². The van der Waals surface area contributed by atoms with E-state index in [1.807, 2.05) is 30.4 Å². The minimum atomic E-state index is -0.0186. The molecule has 0 aliphatic carbocycles. The zero-order valence-corrected chi connectivity index (χ0v) is 14.9. The van der Waals surface area contributed by atoms with Crippen LogP contribution in [0, 0.1) is 12.8 Å². The number of rotatable bonds is 4. The van der Waals surface area contributed by atoms with E-state index in [1.165, 1.54) is 17.9 Å². The summed E-state index contributed by atoms with van der Waals surface area (Å²) in [6.07, 6.45) is 3.36. The van der Waals surface area contributed by atoms with Crippen molar-refractivity contribution in [1.29, 1.82) is 0 Å². The van der Waals surface area contributed by atoms with Crippen molar-refractivity contribution in [2.45, 2.75) is 32.2 Å². The van der Waals surface area contributed by atoms with Crippen molar-refractivity contribution in [2.24, 2.45) is 13.0 Å². The third kappa shape index (κ3) is 4.34. The van der Waals surface area contributed by atoms with Crippen LogP contribution in [0.5, 0.6) is 0 Å². The van der Waals surface area contributed by atoms with Gasteiger partial charge in [-0.15, -0.1) is 0 Å². The van der Waals surface area contributed by atoms with Gasteiger partial charge >= 0.3 is 6.03 Å². The fourth-order valence-corrected chi connectivity index (χ4v) is 4.70. The van der Waals surface area contributed by atoms with Crippen LogP contribution < -0.4 is 15.5 Å². The van der Waals surface area contributed by atoms with E-state index in [0.29, 0.717) is 5.92 Å². The Hall–Kier alpha value is -1.37. The molecular weight excluding hydrogens is 310 g/mol. The third-order valence-electron chi connectivity index (χ3n) is 4.63. The summed E-state index contributed by atoms with van der Waals surface area (Å²) in [7, 11) is 1.98. The van der Waals surface area contributed by atoms with Crippen LogP contribution in [0.4, 0.5) is 10.6 Å². The zero-order chi connectivity index (χ0) is 16.2. The van der Waals surface area contributed by atoms with Gasteiger partial charge in [0.15, 0.2) is 0 Å². The largest absolute Gasteiger partial charge is 0.355 e. The predicted octanol–water partition coefficient (Wildman–Crippen LogP) is 1.75. The number of nitrogens with zero attached hydrogens (tertiary/aromatic N) is 3. The maximum absolute atomic E-state index is 12.1. The Morgan fingerprint density at radius 2 is 2.35 bits per heavy atom. The van der Waals surface area contributed by atoms with E-state index < -0.39 is 0 Å². The second-order valence-corrected chi connectivity index (χ2v) is 7.79. The molecule has 3 rings (SSSR count). The molecule has 0 unspecified atom stereocenters. The van der Waals surface area contributed by atoms with Crippen molar-refractivity contribution in [3.05, 3.63) is 11.8 Å². The molecule has 2 amide bonds. The van der Waals surface area contributed by atoms with Gasteiger partial charge in [0.05, 0.1) is 5.69 Å². The molecule has 128 valence electrons. The smallest absolute Gasteiger partial charge is 0.315 e. The number of hydrogen-bond donors (Lipinski definition) is 2. The summed E-state index contributed by atoms with van der Waals surface area (Å²) in [6, 6.07) is 2.30. The number of thioether (sulfide) groups is 1. The van der Waals surface area contributed by atoms with E-state index in [1.54, 1.807) is 0 Å². The van der Waals surface area contributed by atoms with Crippen molar-refractivity contribution in [3.63, 3.8) is 0 Å². The number of carbonyl (C=O) groups excluding carboxylic acids is 1. The van der Waals surface area contributed by atoms with Crippen LogP contribution >= 0.6 is 11.8 Å². The number of aromatic nitrogens is 2. The molecule has 1 aromatic heterocycles. The van der Waals surface area contributed by atoms with Crippen LogP contribution in [0.25, 0.3) is 0 Å². The van der Waals surface area contributed by atoms with Gasteiger partial charge in [-0.25, -0.2) is 4.79 Å². The van der Waals surface area contributed by atoms with Gasteiger partial charge in [-0.1, -0.05) is 0 Å². The summed E-state index contributed by atoms with van der Waals surface area (Å²) in [5.41, 5.74) is 1.03. The number of carbonyl (C=O) groups is 1. The molecule has 1 aromatic rings. The number of nitrogens with one attached hydrogen (secondary N) is 2. The van der Waals surface area contributed by atoms with Crippen molar-refractivity contribution < 1.29 is 4.79 Å². The number of hydrogen-bond acceptors (Lipinski definition) is 4. The summed E-state index contributed by atoms with van der Waals surface area (Å²) in [5.74, 6) is 4.19. The van der Waals surface area contributed by atoms with Crippen LogP contribution in [0.15, 0.2) is 6.07 Å². The van der Waals surface area contributed by atoms with Gasteiger partial charge in [-0.05, 0) is 43.6 Å². The minimum absolute atomic E-state index is 0.0186. The highest BCUT2D eigenvalue weighted by atomic mass is 32.2. The van der Waals surface area contributed by atoms with Crippen LogP contribution in [0.2, 0.25) is 0 Å². The first-order valence-corrected chi connectivity index (χ1v) is 9.65. The van der Waals surface area contributed by atoms with Crippen molar-refractivity contribution >= 4 is 23.6 Å². The first-order chi connectivity index (χ1) is 11.1. The van der Waals surface area contributed by atoms with Gasteiger partial charge < -0.3 is 15.5 Å². The first kappa shape index (κ1) is 16.5. The average Bonchev–Trinajstić information content (AvgIpc) is 3.15. The summed E-state index contributed by atoms with van der Waals surface area (Å²) >= 11 is 1.98. The number of anilines is 1. The molecule has 2 atom stereocenters. The van der Waals surface area contributed by atoms with E-state index >= 15 is 0 Å². The summed E-state index contributed by atoms with van der Waals surface area (Å²) in [5, 5.41) is 10.6. The molecule has 2 aliphatic rings. The Kier molecular flexibility index (Phi) is 5.35. The topological polar surface area (TPSA) is 62.2 Å². The molecule has 2 aliphatic heterocycles. The number of amides is 2. The molecular formula is C16H27N5OS. The molecule has 0 spiro atoms. The zero-order valence-electron chi connectivity index (χ0n) is 14.0. The highest BCUT2D eigenvalue weighted by Gasteiger charge is 2.24. The maximum atomic E-state index is 12.1. The van der Waals surface area contributed by atoms with E-state index in [0.717, 1.165) is 44.0 Å². The Morgan fingerprint density at radius 3 is 3.04 bits per heavy atom. The highest BCUT2D eigenvalue weighted by Crippen LogP contribution is 2.22. The lowest BCUT2D eigenvalue weighted by atomic mass is 10.1. The van der Waals surface area contributed by atoms with Gasteiger partial charge in [-0.3, -0.25) is 4.68 Å². The van der Waals surface area contributed by atoms with Gasteiger partial charge in [-0.2, -0.15) is 16.9 Å². The van der Waals surface area contributed by atoms with Crippen LogP contribution in [-0.2, 0) is 7.05 Å². The second kappa shape index (κ2) is 7.47. The lowest BCUT2D eigenvalue weighted by Crippen LogP contribution is -2.51. The number of urea groups is 1. The molecule has 0 aromatic carbocycles. The molecule has 7 heteroatoms. The minimum Gasteiger partial charge on any atom is -0.355 e. The fraction of sp³-hybridized carbons (Fsp3) is 0.750. The molecule has 2 N–H and O–H groups in total. The SMILES string of the molecule is Cc1cc(N2CCC[C@H](NC(=O)NC[C@H]3CCSC3)C2)n(C)n1. The summed E-state index contributed by atoms with van der Waals surface area (Å²) < 4.78 is 1.93. The van der Waals surface area contributed by atoms with Gasteiger partial charge in [0, 0.05) is 38.8 Å². The van der Waals surface area contributed by atoms with Crippen molar-refractivity contribution in [2.75, 3.05) is 36.0 Å². The lowest BCUT2D eigenvalue weighted by Gasteiger charge is -2.34. The molecule has 0 saturated carbocycles. The fourth-order valence-electron chi connectivity index (χ4n) is 3.41. The standard InChI is InChI=1S/C16H27N5OS/c1-12-8-15(20(2)19-12)21-6-3-4-14(10-21)18-16(22)17-9-13-5-7-23-11-13/h8,13-14H,3-7,9-11H2,1-2H3,(H2,17,18,22)/t13-,14+/m1/s1. The monoisotopic (exact) mass is 337 g/mol. The van der Waals surface area contributed by atoms with E-state index in [4.69, 9.17) is 0 Å². The van der Waals surface area contributed by atoms with Crippen LogP contribution in [0.1, 0.15) is 25.0 Å². The third-order valence-corrected chi connectivity index (χ3v) is 5.86. The molecule has 0 radical (unpaired) electrons. The maximum Gasteiger partial charge on any atom is 0.315 e. The number of piperidine rings is 1. The Bertz CT molecular complexity index is 541. The first-order valence-electron chi connectivity index (χ1n) is 8.49. The predicted molar refractivity (Wildman–Crippen MR) is 95.1 cm³/mol. The van der Waals surface area contributed by atoms with Crippen LogP contribution in [0.3, 0.4) is 0 Å². The van der Waals surface area contributed by atoms with Gasteiger partial charge in [0.25, 0.3) is 0 Å². The normalized spacial score (nSPS) is 24.7. The van der Waals surface area contributed by atoms with Gasteiger partial charge in [0.2, 0.25) is 0 Å². The average molecular weight is 337 g/mol. The Morgan fingerprint density at radius 1 is 1.48 bits per heavy atom. The molecule has 2 fully saturated rings. The van der Waals surface area contributed by atoms with E-state index in [9.17, 15) is 4.79 Å². The van der Waals surface area contributed by atoms with Crippen LogP contribution in [-0.4, -0.2) is 53.0 Å². The highest BCUT2D eigenvalue weighted by molar-refractivity contribution is 7.99. The Balaban J connectivity index is 1.48. The summed E-state index contributed by atoms with van der Waals surface area (Å²) in [4.78, 5) is 14.4. The Labute approximate surface area is 142 Å². The van der Waals surface area contributed by atoms with Gasteiger partial charge in [0.1, 0.15) is 5.82 Å². The molecule has 23 heavy (non-hydrogen) atoms. The second-order valence-electron chi connectivity index (χ2n) is 6.64. The quantitative estimate of drug-likeness (QED) is 0.879. The van der Waals surface area contributed by atoms with Crippen molar-refractivity contribution in [1.82, 2.24) is 20.4 Å². The summed E-state index contributed by atoms with van der Waals surface area (Å²) in [6.45, 7) is 4.69. The lowest BCUT2D eigenvalue weighted by molar-refractivity contribution is 0.233. The molecule has 0 bridgehead atoms. The van der Waals surface area contributed by atoms with E-state index in [-0.39, 0.29) is 12.1 Å². The molecule has 2 saturated heterocycles. The molecule has 6 nitrogen and oxygen atoms in total. The molecule has 3 heterocycles. The number of aryl methyl sites for hydroxylation is 2. The van der Waals surface area contributed by atoms with E-state index in [2.05, 4.69) is 26.7 Å².